The Bertz CT molecular complexity index is 667. The van der Waals surface area contributed by atoms with Gasteiger partial charge in [0.2, 0.25) is 11.8 Å². The zero-order valence-electron chi connectivity index (χ0n) is 11.1. The van der Waals surface area contributed by atoms with Gasteiger partial charge in [0, 0.05) is 11.1 Å². The number of rotatable bonds is 2. The van der Waals surface area contributed by atoms with Crippen molar-refractivity contribution in [2.45, 2.75) is 20.8 Å². The molecule has 0 N–H and O–H groups in total. The molecule has 1 aromatic carbocycles. The van der Waals surface area contributed by atoms with E-state index in [1.165, 1.54) is 0 Å². The summed E-state index contributed by atoms with van der Waals surface area (Å²) in [5.74, 6) is 2.85. The van der Waals surface area contributed by atoms with Crippen molar-refractivity contribution in [1.82, 2.24) is 9.97 Å². The van der Waals surface area contributed by atoms with Crippen molar-refractivity contribution in [3.05, 3.63) is 47.7 Å². The minimum Gasteiger partial charge on any atom is -0.441 e. The van der Waals surface area contributed by atoms with Gasteiger partial charge in [0.15, 0.2) is 0 Å². The van der Waals surface area contributed by atoms with Gasteiger partial charge in [0.1, 0.15) is 11.5 Å². The van der Waals surface area contributed by atoms with Crippen LogP contribution in [0.2, 0.25) is 0 Å². The van der Waals surface area contributed by atoms with E-state index in [0.717, 1.165) is 28.2 Å². The Hall–Kier alpha value is -2.36. The van der Waals surface area contributed by atoms with Gasteiger partial charge in [-0.3, -0.25) is 0 Å². The molecule has 0 amide bonds. The van der Waals surface area contributed by atoms with Crippen LogP contribution in [-0.4, -0.2) is 9.97 Å². The summed E-state index contributed by atoms with van der Waals surface area (Å²) in [5, 5.41) is 0. The first-order valence-corrected chi connectivity index (χ1v) is 6.10. The second-order valence-electron chi connectivity index (χ2n) is 4.53. The van der Waals surface area contributed by atoms with Crippen LogP contribution in [0.15, 0.2) is 39.4 Å². The fourth-order valence-electron chi connectivity index (χ4n) is 2.06. The Balaban J connectivity index is 2.14. The molecule has 0 saturated heterocycles. The Morgan fingerprint density at radius 2 is 1.26 bits per heavy atom. The first-order chi connectivity index (χ1) is 9.15. The van der Waals surface area contributed by atoms with Gasteiger partial charge in [-0.25, -0.2) is 9.97 Å². The molecule has 2 heterocycles. The fraction of sp³-hybridized carbons (Fsp3) is 0.200. The van der Waals surface area contributed by atoms with Gasteiger partial charge in [-0.2, -0.15) is 0 Å². The Labute approximate surface area is 111 Å². The van der Waals surface area contributed by atoms with E-state index in [1.54, 1.807) is 12.4 Å². The monoisotopic (exact) mass is 254 g/mol. The summed E-state index contributed by atoms with van der Waals surface area (Å²) in [7, 11) is 0. The zero-order chi connectivity index (χ0) is 13.4. The largest absolute Gasteiger partial charge is 0.441 e. The average Bonchev–Trinajstić information content (AvgIpc) is 2.99. The van der Waals surface area contributed by atoms with Crippen LogP contribution in [-0.2, 0) is 0 Å². The highest BCUT2D eigenvalue weighted by molar-refractivity contribution is 5.71. The van der Waals surface area contributed by atoms with Crippen LogP contribution in [0.1, 0.15) is 17.1 Å². The maximum Gasteiger partial charge on any atom is 0.226 e. The molecule has 0 atom stereocenters. The van der Waals surface area contributed by atoms with Crippen molar-refractivity contribution in [3.63, 3.8) is 0 Å². The third-order valence-electron chi connectivity index (χ3n) is 3.04. The standard InChI is InChI=1S/C15H14N2O2/c1-9-7-16-14(18-9)12-5-4-6-13(11(12)3)15-17-8-10(2)19-15/h4-8H,1-3H3. The molecule has 0 fully saturated rings. The lowest BCUT2D eigenvalue weighted by atomic mass is 10.0. The summed E-state index contributed by atoms with van der Waals surface area (Å²) in [6.07, 6.45) is 3.44. The molecule has 96 valence electrons. The molecule has 0 radical (unpaired) electrons. The highest BCUT2D eigenvalue weighted by Crippen LogP contribution is 2.31. The van der Waals surface area contributed by atoms with E-state index >= 15 is 0 Å². The SMILES string of the molecule is Cc1cnc(-c2cccc(-c3ncc(C)o3)c2C)o1. The van der Waals surface area contributed by atoms with Crippen molar-refractivity contribution < 1.29 is 8.83 Å². The molecule has 2 aromatic heterocycles. The van der Waals surface area contributed by atoms with E-state index in [9.17, 15) is 0 Å². The van der Waals surface area contributed by atoms with E-state index in [4.69, 9.17) is 8.83 Å². The lowest BCUT2D eigenvalue weighted by Gasteiger charge is -2.06. The summed E-state index contributed by atoms with van der Waals surface area (Å²) in [4.78, 5) is 8.54. The topological polar surface area (TPSA) is 52.1 Å². The van der Waals surface area contributed by atoms with Gasteiger partial charge in [0.05, 0.1) is 12.4 Å². The second kappa shape index (κ2) is 4.39. The van der Waals surface area contributed by atoms with Gasteiger partial charge >= 0.3 is 0 Å². The molecule has 4 nitrogen and oxygen atoms in total. The van der Waals surface area contributed by atoms with Crippen LogP contribution in [0.25, 0.3) is 22.9 Å². The molecule has 0 unspecified atom stereocenters. The molecule has 0 spiro atoms. The van der Waals surface area contributed by atoms with Crippen LogP contribution in [0, 0.1) is 20.8 Å². The van der Waals surface area contributed by atoms with Crippen LogP contribution >= 0.6 is 0 Å². The Morgan fingerprint density at radius 1 is 0.789 bits per heavy atom. The van der Waals surface area contributed by atoms with Crippen molar-refractivity contribution >= 4 is 0 Å². The third-order valence-corrected chi connectivity index (χ3v) is 3.04. The molecule has 0 saturated carbocycles. The van der Waals surface area contributed by atoms with Gasteiger partial charge in [-0.05, 0) is 38.5 Å². The summed E-state index contributed by atoms with van der Waals surface area (Å²) in [5.41, 5.74) is 2.97. The number of benzene rings is 1. The molecular formula is C15H14N2O2. The molecule has 0 bridgehead atoms. The lowest BCUT2D eigenvalue weighted by molar-refractivity contribution is 0.540. The van der Waals surface area contributed by atoms with Crippen molar-refractivity contribution in [2.75, 3.05) is 0 Å². The van der Waals surface area contributed by atoms with Crippen LogP contribution < -0.4 is 0 Å². The van der Waals surface area contributed by atoms with E-state index < -0.39 is 0 Å². The highest BCUT2D eigenvalue weighted by atomic mass is 16.4. The summed E-state index contributed by atoms with van der Waals surface area (Å²) in [6, 6.07) is 5.93. The first kappa shape index (κ1) is 11.7. The summed E-state index contributed by atoms with van der Waals surface area (Å²) in [6.45, 7) is 5.78. The second-order valence-corrected chi connectivity index (χ2v) is 4.53. The molecule has 3 rings (SSSR count). The quantitative estimate of drug-likeness (QED) is 0.695. The number of hydrogen-bond donors (Lipinski definition) is 0. The summed E-state index contributed by atoms with van der Waals surface area (Å²) < 4.78 is 11.2. The maximum absolute atomic E-state index is 5.58. The third kappa shape index (κ3) is 2.05. The predicted octanol–water partition coefficient (Wildman–Crippen LogP) is 3.92. The van der Waals surface area contributed by atoms with Crippen LogP contribution in [0.3, 0.4) is 0 Å². The van der Waals surface area contributed by atoms with Crippen molar-refractivity contribution in [1.29, 1.82) is 0 Å². The molecule has 0 aliphatic heterocycles. The van der Waals surface area contributed by atoms with E-state index in [-0.39, 0.29) is 0 Å². The molecule has 3 aromatic rings. The minimum atomic E-state index is 0.625. The number of aromatic nitrogens is 2. The predicted molar refractivity (Wildman–Crippen MR) is 71.6 cm³/mol. The van der Waals surface area contributed by atoms with Gasteiger partial charge in [0.25, 0.3) is 0 Å². The molecule has 0 aliphatic carbocycles. The van der Waals surface area contributed by atoms with Gasteiger partial charge < -0.3 is 8.83 Å². The van der Waals surface area contributed by atoms with E-state index in [2.05, 4.69) is 9.97 Å². The normalized spacial score (nSPS) is 10.9. The van der Waals surface area contributed by atoms with Crippen LogP contribution in [0.5, 0.6) is 0 Å². The number of nitrogens with zero attached hydrogens (tertiary/aromatic N) is 2. The summed E-state index contributed by atoms with van der Waals surface area (Å²) >= 11 is 0. The number of oxazole rings is 2. The van der Waals surface area contributed by atoms with Crippen LogP contribution in [0.4, 0.5) is 0 Å². The lowest BCUT2D eigenvalue weighted by Crippen LogP contribution is -1.88. The molecule has 4 heteroatoms. The number of hydrogen-bond acceptors (Lipinski definition) is 4. The molecule has 19 heavy (non-hydrogen) atoms. The Morgan fingerprint density at radius 3 is 1.63 bits per heavy atom. The zero-order valence-corrected chi connectivity index (χ0v) is 11.1. The average molecular weight is 254 g/mol. The van der Waals surface area contributed by atoms with E-state index in [1.807, 2.05) is 39.0 Å². The fourth-order valence-corrected chi connectivity index (χ4v) is 2.06. The van der Waals surface area contributed by atoms with Gasteiger partial charge in [-0.15, -0.1) is 0 Å². The minimum absolute atomic E-state index is 0.625. The highest BCUT2D eigenvalue weighted by Gasteiger charge is 2.14. The number of aryl methyl sites for hydroxylation is 2. The van der Waals surface area contributed by atoms with Gasteiger partial charge in [-0.1, -0.05) is 6.07 Å². The maximum atomic E-state index is 5.58. The van der Waals surface area contributed by atoms with E-state index in [0.29, 0.717) is 11.8 Å². The Kier molecular flexibility index (Phi) is 2.71. The molecular weight excluding hydrogens is 240 g/mol. The smallest absolute Gasteiger partial charge is 0.226 e. The van der Waals surface area contributed by atoms with Crippen molar-refractivity contribution in [2.24, 2.45) is 0 Å². The molecule has 0 aliphatic rings. The van der Waals surface area contributed by atoms with Crippen molar-refractivity contribution in [3.8, 4) is 22.9 Å². The first-order valence-electron chi connectivity index (χ1n) is 6.10.